The molecule has 1 heterocycles. The van der Waals surface area contributed by atoms with Gasteiger partial charge in [-0.2, -0.15) is 9.97 Å². The van der Waals surface area contributed by atoms with Crippen molar-refractivity contribution in [1.82, 2.24) is 15.0 Å². The summed E-state index contributed by atoms with van der Waals surface area (Å²) >= 11 is 4.29. The molecule has 9 heavy (non-hydrogen) atoms. The van der Waals surface area contributed by atoms with E-state index >= 15 is 0 Å². The molecule has 0 fully saturated rings. The molecule has 0 atom stereocenters. The molecule has 2 N–H and O–H groups in total. The maximum absolute atomic E-state index is 5.17. The minimum atomic E-state index is 0.133. The molecular weight excluding hydrogens is 138 g/mol. The van der Waals surface area contributed by atoms with Crippen LogP contribution in [-0.4, -0.2) is 15.0 Å². The van der Waals surface area contributed by atoms with E-state index < -0.39 is 0 Å². The number of hydrogen-bond donors (Lipinski definition) is 1. The molecule has 46 valence electrons. The minimum absolute atomic E-state index is 0.133. The number of aromatic nitrogens is 3. The van der Waals surface area contributed by atoms with E-state index in [2.05, 4.69) is 31.7 Å². The SMILES string of the molecule is Nc1ncnc(N=S)n1. The Morgan fingerprint density at radius 3 is 2.78 bits per heavy atom. The molecule has 1 aromatic rings. The third-order valence-electron chi connectivity index (χ3n) is 0.659. The van der Waals surface area contributed by atoms with Gasteiger partial charge >= 0.3 is 0 Å². The zero-order valence-electron chi connectivity index (χ0n) is 4.35. The summed E-state index contributed by atoms with van der Waals surface area (Å²) in [6, 6.07) is 0. The summed E-state index contributed by atoms with van der Waals surface area (Å²) in [4.78, 5) is 10.7. The van der Waals surface area contributed by atoms with Gasteiger partial charge < -0.3 is 5.73 Å². The van der Waals surface area contributed by atoms with E-state index in [1.165, 1.54) is 6.33 Å². The standard InChI is InChI=1S/C3H3N5S/c4-2-5-1-6-3(7-2)8-9/h1H,(H2,4,5,6,7). The van der Waals surface area contributed by atoms with Gasteiger partial charge in [-0.25, -0.2) is 4.98 Å². The Hall–Kier alpha value is -1.17. The first-order valence-electron chi connectivity index (χ1n) is 2.11. The number of anilines is 1. The lowest BCUT2D eigenvalue weighted by atomic mass is 10.9. The lowest BCUT2D eigenvalue weighted by Crippen LogP contribution is -1.93. The van der Waals surface area contributed by atoms with E-state index in [4.69, 9.17) is 5.73 Å². The van der Waals surface area contributed by atoms with Gasteiger partial charge in [0.25, 0.3) is 5.95 Å². The summed E-state index contributed by atoms with van der Waals surface area (Å²) in [6.45, 7) is 0. The fraction of sp³-hybridized carbons (Fsp3) is 0. The number of rotatable bonds is 1. The molecule has 0 aliphatic carbocycles. The third-order valence-corrected chi connectivity index (χ3v) is 0.823. The lowest BCUT2D eigenvalue weighted by Gasteiger charge is -1.87. The Labute approximate surface area is 56.5 Å². The second kappa shape index (κ2) is 2.40. The highest BCUT2D eigenvalue weighted by molar-refractivity contribution is 7.47. The molecule has 0 aromatic carbocycles. The molecule has 0 spiro atoms. The molecule has 5 nitrogen and oxygen atoms in total. The molecular formula is C3H3N5S. The van der Waals surface area contributed by atoms with Crippen LogP contribution >= 0.6 is 0 Å². The van der Waals surface area contributed by atoms with Crippen LogP contribution in [0.15, 0.2) is 10.7 Å². The summed E-state index contributed by atoms with van der Waals surface area (Å²) < 4.78 is 3.27. The molecule has 0 aliphatic rings. The molecule has 0 saturated heterocycles. The first-order chi connectivity index (χ1) is 4.33. The summed E-state index contributed by atoms with van der Waals surface area (Å²) in [5.74, 6) is 0.311. The topological polar surface area (TPSA) is 77.0 Å². The Morgan fingerprint density at radius 1 is 1.56 bits per heavy atom. The molecule has 1 rings (SSSR count). The largest absolute Gasteiger partial charge is 0.368 e. The number of hydrogen-bond acceptors (Lipinski definition) is 6. The highest BCUT2D eigenvalue weighted by Crippen LogP contribution is 1.99. The van der Waals surface area contributed by atoms with Crippen molar-refractivity contribution >= 4 is 24.3 Å². The van der Waals surface area contributed by atoms with Gasteiger partial charge in [-0.1, -0.05) is 0 Å². The van der Waals surface area contributed by atoms with Crippen LogP contribution < -0.4 is 5.73 Å². The Kier molecular flexibility index (Phi) is 1.59. The van der Waals surface area contributed by atoms with Crippen molar-refractivity contribution in [2.24, 2.45) is 4.36 Å². The molecule has 0 amide bonds. The first-order valence-corrected chi connectivity index (χ1v) is 2.47. The van der Waals surface area contributed by atoms with Gasteiger partial charge in [-0.05, 0) is 0 Å². The van der Waals surface area contributed by atoms with E-state index in [-0.39, 0.29) is 11.9 Å². The maximum Gasteiger partial charge on any atom is 0.265 e. The molecule has 0 saturated carbocycles. The maximum atomic E-state index is 5.17. The second-order valence-electron chi connectivity index (χ2n) is 1.23. The van der Waals surface area contributed by atoms with Crippen molar-refractivity contribution in [3.05, 3.63) is 6.33 Å². The molecule has 6 heteroatoms. The van der Waals surface area contributed by atoms with E-state index in [1.807, 2.05) is 0 Å². The number of nitrogens with two attached hydrogens (primary N) is 1. The van der Waals surface area contributed by atoms with Gasteiger partial charge in [0, 0.05) is 12.4 Å². The number of nitrogen functional groups attached to an aromatic ring is 1. The molecule has 0 radical (unpaired) electrons. The highest BCUT2D eigenvalue weighted by atomic mass is 32.1. The predicted octanol–water partition coefficient (Wildman–Crippen LogP) is -0.184. The Bertz CT molecular complexity index is 223. The molecule has 1 aromatic heterocycles. The average molecular weight is 141 g/mol. The van der Waals surface area contributed by atoms with Gasteiger partial charge in [0.1, 0.15) is 6.33 Å². The van der Waals surface area contributed by atoms with Gasteiger partial charge in [-0.3, -0.25) is 0 Å². The van der Waals surface area contributed by atoms with Gasteiger partial charge in [0.15, 0.2) is 0 Å². The summed E-state index contributed by atoms with van der Waals surface area (Å²) in [7, 11) is 0. The molecule has 0 unspecified atom stereocenters. The quantitative estimate of drug-likeness (QED) is 0.586. The minimum Gasteiger partial charge on any atom is -0.368 e. The van der Waals surface area contributed by atoms with Crippen LogP contribution in [0.2, 0.25) is 0 Å². The van der Waals surface area contributed by atoms with Crippen LogP contribution in [0.4, 0.5) is 11.9 Å². The second-order valence-corrected chi connectivity index (χ2v) is 1.42. The average Bonchev–Trinajstić information content (AvgIpc) is 1.88. The first kappa shape index (κ1) is 5.96. The van der Waals surface area contributed by atoms with E-state index in [9.17, 15) is 0 Å². The predicted molar refractivity (Wildman–Crippen MR) is 33.7 cm³/mol. The van der Waals surface area contributed by atoms with Crippen LogP contribution in [0.3, 0.4) is 0 Å². The summed E-state index contributed by atoms with van der Waals surface area (Å²) in [5, 5.41) is 0. The van der Waals surface area contributed by atoms with Crippen molar-refractivity contribution in [2.45, 2.75) is 0 Å². The zero-order valence-corrected chi connectivity index (χ0v) is 5.17. The van der Waals surface area contributed by atoms with Crippen LogP contribution in [0, 0.1) is 0 Å². The smallest absolute Gasteiger partial charge is 0.265 e. The fourth-order valence-corrected chi connectivity index (χ4v) is 0.432. The monoisotopic (exact) mass is 141 g/mol. The van der Waals surface area contributed by atoms with Crippen molar-refractivity contribution in [1.29, 1.82) is 0 Å². The van der Waals surface area contributed by atoms with Crippen LogP contribution in [0.1, 0.15) is 0 Å². The molecule has 0 bridgehead atoms. The third kappa shape index (κ3) is 1.36. The zero-order chi connectivity index (χ0) is 6.69. The van der Waals surface area contributed by atoms with Crippen molar-refractivity contribution in [3.63, 3.8) is 0 Å². The van der Waals surface area contributed by atoms with Crippen LogP contribution in [-0.2, 0) is 12.4 Å². The van der Waals surface area contributed by atoms with Crippen LogP contribution in [0.25, 0.3) is 0 Å². The normalized spacial score (nSPS) is 8.89. The van der Waals surface area contributed by atoms with Crippen LogP contribution in [0.5, 0.6) is 0 Å². The van der Waals surface area contributed by atoms with Gasteiger partial charge in [-0.15, -0.1) is 4.36 Å². The lowest BCUT2D eigenvalue weighted by molar-refractivity contribution is 1.06. The van der Waals surface area contributed by atoms with E-state index in [0.29, 0.717) is 0 Å². The van der Waals surface area contributed by atoms with Gasteiger partial charge in [0.05, 0.1) is 0 Å². The van der Waals surface area contributed by atoms with E-state index in [0.717, 1.165) is 0 Å². The van der Waals surface area contributed by atoms with E-state index in [1.54, 1.807) is 0 Å². The van der Waals surface area contributed by atoms with Crippen molar-refractivity contribution in [2.75, 3.05) is 5.73 Å². The fourth-order valence-electron chi connectivity index (χ4n) is 0.344. The Balaban J connectivity index is 3.07. The summed E-state index contributed by atoms with van der Waals surface area (Å²) in [5.41, 5.74) is 5.17. The number of nitrogens with zero attached hydrogens (tertiary/aromatic N) is 4. The van der Waals surface area contributed by atoms with Crippen molar-refractivity contribution < 1.29 is 0 Å². The Morgan fingerprint density at radius 2 is 2.33 bits per heavy atom. The highest BCUT2D eigenvalue weighted by Gasteiger charge is 1.90. The summed E-state index contributed by atoms with van der Waals surface area (Å²) in [6.07, 6.45) is 1.26. The van der Waals surface area contributed by atoms with Crippen molar-refractivity contribution in [3.8, 4) is 0 Å². The molecule has 0 aliphatic heterocycles. The van der Waals surface area contributed by atoms with Gasteiger partial charge in [0.2, 0.25) is 5.95 Å².